The number of fused-ring (bicyclic) bond motifs is 2. The molecule has 1 saturated heterocycles. The van der Waals surface area contributed by atoms with Gasteiger partial charge in [-0.25, -0.2) is 14.5 Å². The van der Waals surface area contributed by atoms with Crippen LogP contribution in [0.3, 0.4) is 0 Å². The van der Waals surface area contributed by atoms with Crippen molar-refractivity contribution in [1.29, 1.82) is 0 Å². The lowest BCUT2D eigenvalue weighted by Gasteiger charge is -2.20. The zero-order chi connectivity index (χ0) is 18.4. The number of benzene rings is 1. The monoisotopic (exact) mass is 377 g/mol. The van der Waals surface area contributed by atoms with E-state index in [-0.39, 0.29) is 0 Å². The van der Waals surface area contributed by atoms with Gasteiger partial charge in [-0.2, -0.15) is 5.10 Å². The first-order valence-corrected chi connectivity index (χ1v) is 10.4. The van der Waals surface area contributed by atoms with Crippen molar-refractivity contribution in [3.63, 3.8) is 0 Å². The van der Waals surface area contributed by atoms with Crippen molar-refractivity contribution in [2.45, 2.75) is 39.2 Å². The van der Waals surface area contributed by atoms with Crippen LogP contribution in [0.1, 0.15) is 31.2 Å². The Labute approximate surface area is 162 Å². The fourth-order valence-corrected chi connectivity index (χ4v) is 4.92. The average Bonchev–Trinajstić information content (AvgIpc) is 3.34. The molecule has 0 spiro atoms. The number of thiazole rings is 1. The number of likely N-dealkylation sites (tertiary alicyclic amines) is 1. The van der Waals surface area contributed by atoms with Crippen molar-refractivity contribution in [3.05, 3.63) is 47.9 Å². The van der Waals surface area contributed by atoms with E-state index in [9.17, 15) is 0 Å². The minimum atomic E-state index is 0.736. The van der Waals surface area contributed by atoms with Crippen LogP contribution in [0.4, 0.5) is 0 Å². The lowest BCUT2D eigenvalue weighted by atomic mass is 10.1. The Morgan fingerprint density at radius 2 is 2.11 bits per heavy atom. The number of hydrogen-bond donors (Lipinski definition) is 0. The third-order valence-electron chi connectivity index (χ3n) is 5.53. The maximum absolute atomic E-state index is 4.86. The van der Waals surface area contributed by atoms with Gasteiger partial charge in [0.25, 0.3) is 0 Å². The van der Waals surface area contributed by atoms with Crippen LogP contribution in [-0.4, -0.2) is 43.6 Å². The molecule has 4 heterocycles. The Morgan fingerprint density at radius 3 is 2.93 bits per heavy atom. The maximum atomic E-state index is 4.86. The first-order chi connectivity index (χ1) is 13.2. The molecule has 1 unspecified atom stereocenters. The molecule has 0 amide bonds. The number of pyridine rings is 1. The molecule has 138 valence electrons. The van der Waals surface area contributed by atoms with E-state index in [1.165, 1.54) is 30.3 Å². The quantitative estimate of drug-likeness (QED) is 0.531. The fraction of sp³-hybridized carbons (Fsp3) is 0.381. The van der Waals surface area contributed by atoms with Gasteiger partial charge >= 0.3 is 0 Å². The molecule has 1 aromatic carbocycles. The van der Waals surface area contributed by atoms with Gasteiger partial charge in [-0.3, -0.25) is 0 Å². The Hall–Kier alpha value is -2.31. The zero-order valence-electron chi connectivity index (χ0n) is 15.7. The van der Waals surface area contributed by atoms with Gasteiger partial charge in [0.15, 0.2) is 0 Å². The van der Waals surface area contributed by atoms with Crippen molar-refractivity contribution < 1.29 is 0 Å². The molecule has 27 heavy (non-hydrogen) atoms. The van der Waals surface area contributed by atoms with E-state index in [2.05, 4.69) is 52.2 Å². The Balaban J connectivity index is 1.38. The molecule has 0 aliphatic carbocycles. The normalized spacial score (nSPS) is 18.1. The van der Waals surface area contributed by atoms with Gasteiger partial charge in [0.1, 0.15) is 5.82 Å². The van der Waals surface area contributed by atoms with Crippen molar-refractivity contribution in [2.24, 2.45) is 0 Å². The van der Waals surface area contributed by atoms with Gasteiger partial charge in [-0.1, -0.05) is 23.5 Å². The largest absolute Gasteiger partial charge is 0.300 e. The summed E-state index contributed by atoms with van der Waals surface area (Å²) in [5, 5.41) is 5.59. The van der Waals surface area contributed by atoms with Crippen LogP contribution in [0.5, 0.6) is 0 Å². The summed E-state index contributed by atoms with van der Waals surface area (Å²) in [6.07, 6.45) is 5.80. The van der Waals surface area contributed by atoms with Crippen LogP contribution >= 0.6 is 11.3 Å². The highest BCUT2D eigenvalue weighted by atomic mass is 32.1. The van der Waals surface area contributed by atoms with Crippen molar-refractivity contribution in [2.75, 3.05) is 13.1 Å². The highest BCUT2D eigenvalue weighted by molar-refractivity contribution is 7.20. The molecule has 0 N–H and O–H groups in total. The third-order valence-corrected chi connectivity index (χ3v) is 6.53. The molecule has 0 radical (unpaired) electrons. The van der Waals surface area contributed by atoms with Crippen molar-refractivity contribution in [1.82, 2.24) is 24.5 Å². The molecule has 1 fully saturated rings. The summed E-state index contributed by atoms with van der Waals surface area (Å²) >= 11 is 1.63. The van der Waals surface area contributed by atoms with Crippen molar-refractivity contribution in [3.8, 4) is 10.6 Å². The molecule has 5 nitrogen and oxygen atoms in total. The molecule has 3 aromatic heterocycles. The molecular formula is C21H23N5S. The zero-order valence-corrected chi connectivity index (χ0v) is 16.5. The molecule has 1 aliphatic rings. The summed E-state index contributed by atoms with van der Waals surface area (Å²) in [6, 6.07) is 11.7. The molecule has 5 rings (SSSR count). The summed E-state index contributed by atoms with van der Waals surface area (Å²) in [7, 11) is 0. The second kappa shape index (κ2) is 6.69. The van der Waals surface area contributed by atoms with Gasteiger partial charge in [-0.05, 0) is 63.4 Å². The standard InChI is InChI=1S/C21H23N5S/c1-14-4-3-10-25(14)11-9-16-5-7-18-17(12-16)6-8-19(23-18)20-13-26-21(27-20)22-15(2)24-26/h5-8,12-14H,3-4,9-11H2,1-2H3. The Morgan fingerprint density at radius 1 is 1.19 bits per heavy atom. The first-order valence-electron chi connectivity index (χ1n) is 9.63. The number of aryl methyl sites for hydroxylation is 1. The number of hydrogen-bond acceptors (Lipinski definition) is 5. The highest BCUT2D eigenvalue weighted by Gasteiger charge is 2.19. The minimum absolute atomic E-state index is 0.736. The predicted octanol–water partition coefficient (Wildman–Crippen LogP) is 4.34. The van der Waals surface area contributed by atoms with Gasteiger partial charge < -0.3 is 4.90 Å². The van der Waals surface area contributed by atoms with E-state index < -0.39 is 0 Å². The molecule has 6 heteroatoms. The van der Waals surface area contributed by atoms with E-state index >= 15 is 0 Å². The van der Waals surface area contributed by atoms with E-state index in [1.807, 2.05) is 17.6 Å². The van der Waals surface area contributed by atoms with E-state index in [1.54, 1.807) is 11.3 Å². The number of aromatic nitrogens is 4. The van der Waals surface area contributed by atoms with Gasteiger partial charge in [0.05, 0.1) is 22.3 Å². The molecule has 1 aliphatic heterocycles. The lowest BCUT2D eigenvalue weighted by Crippen LogP contribution is -2.28. The fourth-order valence-electron chi connectivity index (χ4n) is 3.98. The van der Waals surface area contributed by atoms with E-state index in [0.29, 0.717) is 0 Å². The average molecular weight is 378 g/mol. The molecule has 4 aromatic rings. The van der Waals surface area contributed by atoms with Crippen LogP contribution < -0.4 is 0 Å². The Bertz CT molecular complexity index is 1080. The molecule has 1 atom stereocenters. The predicted molar refractivity (Wildman–Crippen MR) is 110 cm³/mol. The summed E-state index contributed by atoms with van der Waals surface area (Å²) in [5.41, 5.74) is 3.42. The van der Waals surface area contributed by atoms with Crippen LogP contribution in [0, 0.1) is 6.92 Å². The van der Waals surface area contributed by atoms with Gasteiger partial charge in [0, 0.05) is 18.0 Å². The van der Waals surface area contributed by atoms with E-state index in [4.69, 9.17) is 4.98 Å². The van der Waals surface area contributed by atoms with Gasteiger partial charge in [0.2, 0.25) is 4.96 Å². The van der Waals surface area contributed by atoms with Crippen LogP contribution in [-0.2, 0) is 6.42 Å². The first kappa shape index (κ1) is 16.8. The minimum Gasteiger partial charge on any atom is -0.300 e. The summed E-state index contributed by atoms with van der Waals surface area (Å²) in [6.45, 7) is 6.66. The van der Waals surface area contributed by atoms with Crippen molar-refractivity contribution >= 4 is 27.2 Å². The number of rotatable bonds is 4. The maximum Gasteiger partial charge on any atom is 0.212 e. The lowest BCUT2D eigenvalue weighted by molar-refractivity contribution is 0.272. The summed E-state index contributed by atoms with van der Waals surface area (Å²) in [4.78, 5) is 13.9. The summed E-state index contributed by atoms with van der Waals surface area (Å²) in [5.74, 6) is 0.801. The smallest absolute Gasteiger partial charge is 0.212 e. The second-order valence-corrected chi connectivity index (χ2v) is 8.49. The summed E-state index contributed by atoms with van der Waals surface area (Å²) < 4.78 is 1.84. The van der Waals surface area contributed by atoms with E-state index in [0.717, 1.165) is 45.9 Å². The SMILES string of the molecule is Cc1nc2sc(-c3ccc4cc(CCN5CCCC5C)ccc4n3)cn2n1. The van der Waals surface area contributed by atoms with Crippen LogP contribution in [0.25, 0.3) is 26.4 Å². The van der Waals surface area contributed by atoms with Crippen LogP contribution in [0.15, 0.2) is 36.5 Å². The van der Waals surface area contributed by atoms with Crippen LogP contribution in [0.2, 0.25) is 0 Å². The molecular weight excluding hydrogens is 354 g/mol. The Kier molecular flexibility index (Phi) is 4.17. The topological polar surface area (TPSA) is 46.3 Å². The highest BCUT2D eigenvalue weighted by Crippen LogP contribution is 2.28. The number of nitrogens with zero attached hydrogens (tertiary/aromatic N) is 5. The molecule has 0 bridgehead atoms. The second-order valence-electron chi connectivity index (χ2n) is 7.48. The third kappa shape index (κ3) is 3.24. The molecule has 0 saturated carbocycles. The van der Waals surface area contributed by atoms with Gasteiger partial charge in [-0.15, -0.1) is 0 Å².